The van der Waals surface area contributed by atoms with E-state index in [0.717, 1.165) is 35.5 Å². The van der Waals surface area contributed by atoms with Gasteiger partial charge in [-0.1, -0.05) is 140 Å². The first-order valence-electron chi connectivity index (χ1n) is 16.6. The quantitative estimate of drug-likeness (QED) is 0.181. The van der Waals surface area contributed by atoms with Gasteiger partial charge in [0.05, 0.1) is 5.69 Å². The van der Waals surface area contributed by atoms with Gasteiger partial charge in [0, 0.05) is 17.3 Å². The van der Waals surface area contributed by atoms with Crippen molar-refractivity contribution in [1.29, 1.82) is 0 Å². The van der Waals surface area contributed by atoms with Crippen LogP contribution in [0.5, 0.6) is 0 Å². The summed E-state index contributed by atoms with van der Waals surface area (Å²) >= 11 is 0. The summed E-state index contributed by atoms with van der Waals surface area (Å²) in [7, 11) is 0. The van der Waals surface area contributed by atoms with Gasteiger partial charge in [0.25, 0.3) is 0 Å². The molecule has 226 valence electrons. The normalized spacial score (nSPS) is 13.1. The molecule has 0 saturated carbocycles. The van der Waals surface area contributed by atoms with E-state index >= 15 is 0 Å². The third kappa shape index (κ3) is 4.99. The Kier molecular flexibility index (Phi) is 6.98. The second-order valence-electron chi connectivity index (χ2n) is 12.5. The highest BCUT2D eigenvalue weighted by Crippen LogP contribution is 2.40. The van der Waals surface area contributed by atoms with Gasteiger partial charge in [0.2, 0.25) is 0 Å². The Labute approximate surface area is 280 Å². The van der Waals surface area contributed by atoms with Crippen LogP contribution in [0.2, 0.25) is 0 Å². The molecular weight excluding hydrogens is 581 g/mol. The minimum Gasteiger partial charge on any atom is -0.237 e. The summed E-state index contributed by atoms with van der Waals surface area (Å²) in [5.41, 5.74) is 10.5. The summed E-state index contributed by atoms with van der Waals surface area (Å²) in [5, 5.41) is 7.82. The van der Waals surface area contributed by atoms with Crippen LogP contribution in [0.1, 0.15) is 24.0 Å². The maximum absolute atomic E-state index is 5.05. The van der Waals surface area contributed by atoms with E-state index in [1.807, 2.05) is 18.3 Å². The molecule has 0 spiro atoms. The summed E-state index contributed by atoms with van der Waals surface area (Å²) in [5.74, 6) is 0.727. The maximum atomic E-state index is 5.05. The molecule has 0 bridgehead atoms. The summed E-state index contributed by atoms with van der Waals surface area (Å²) in [6.45, 7) is 0. The predicted molar refractivity (Wildman–Crippen MR) is 202 cm³/mol. The molecule has 9 rings (SSSR count). The van der Waals surface area contributed by atoms with Crippen LogP contribution < -0.4 is 0 Å². The average Bonchev–Trinajstić information content (AvgIpc) is 3.18. The SMILES string of the molecule is C1=CC(c2cccc(-c3nccc(-c4cccc(-c5ccccc5)c4)n3)c2)=C(c2ccc3c4ccccc4c4ccccc4c3c2)CC1. The highest BCUT2D eigenvalue weighted by atomic mass is 14.9. The van der Waals surface area contributed by atoms with Crippen LogP contribution in [-0.4, -0.2) is 9.97 Å². The lowest BCUT2D eigenvalue weighted by molar-refractivity contribution is 1.06. The second-order valence-corrected chi connectivity index (χ2v) is 12.5. The Morgan fingerprint density at radius 3 is 1.79 bits per heavy atom. The van der Waals surface area contributed by atoms with Gasteiger partial charge in [-0.3, -0.25) is 0 Å². The third-order valence-corrected chi connectivity index (χ3v) is 9.62. The number of rotatable bonds is 5. The molecule has 2 nitrogen and oxygen atoms in total. The van der Waals surface area contributed by atoms with Crippen LogP contribution in [0.3, 0.4) is 0 Å². The standard InChI is InChI=1S/C46H32N2/c1-2-12-31(13-3-1)32-14-10-16-35(28-32)45-26-27-47-46(48-45)36-17-11-15-33(29-36)37-18-4-5-19-38(37)34-24-25-43-41-22-7-6-20-39(41)40-21-8-9-23-42(40)44(43)30-34/h1-4,6-18,20-30H,5,19H2. The number of hydrogen-bond acceptors (Lipinski definition) is 2. The van der Waals surface area contributed by atoms with Crippen LogP contribution in [0, 0.1) is 0 Å². The van der Waals surface area contributed by atoms with E-state index in [4.69, 9.17) is 9.97 Å². The lowest BCUT2D eigenvalue weighted by Crippen LogP contribution is -1.97. The van der Waals surface area contributed by atoms with Crippen molar-refractivity contribution >= 4 is 43.5 Å². The van der Waals surface area contributed by atoms with Gasteiger partial charge in [-0.2, -0.15) is 0 Å². The fourth-order valence-corrected chi connectivity index (χ4v) is 7.30. The zero-order valence-electron chi connectivity index (χ0n) is 26.5. The maximum Gasteiger partial charge on any atom is 0.159 e. The molecule has 0 N–H and O–H groups in total. The number of allylic oxidation sites excluding steroid dienone is 4. The number of nitrogens with zero attached hydrogens (tertiary/aromatic N) is 2. The summed E-state index contributed by atoms with van der Waals surface area (Å²) in [6.07, 6.45) is 8.49. The third-order valence-electron chi connectivity index (χ3n) is 9.62. The highest BCUT2D eigenvalue weighted by molar-refractivity contribution is 6.25. The molecule has 0 fully saturated rings. The monoisotopic (exact) mass is 612 g/mol. The fraction of sp³-hybridized carbons (Fsp3) is 0.0435. The minimum atomic E-state index is 0.727. The van der Waals surface area contributed by atoms with Gasteiger partial charge in [-0.15, -0.1) is 0 Å². The molecule has 0 radical (unpaired) electrons. The summed E-state index contributed by atoms with van der Waals surface area (Å²) < 4.78 is 0. The van der Waals surface area contributed by atoms with Crippen LogP contribution in [0.15, 0.2) is 170 Å². The topological polar surface area (TPSA) is 25.8 Å². The molecule has 1 aliphatic carbocycles. The molecule has 1 aliphatic rings. The van der Waals surface area contributed by atoms with Crippen molar-refractivity contribution < 1.29 is 0 Å². The van der Waals surface area contributed by atoms with Gasteiger partial charge in [0.15, 0.2) is 5.82 Å². The molecule has 0 unspecified atom stereocenters. The van der Waals surface area contributed by atoms with Crippen molar-refractivity contribution in [3.8, 4) is 33.8 Å². The van der Waals surface area contributed by atoms with Crippen molar-refractivity contribution in [1.82, 2.24) is 9.97 Å². The zero-order valence-corrected chi connectivity index (χ0v) is 26.5. The van der Waals surface area contributed by atoms with Gasteiger partial charge in [-0.05, 0) is 103 Å². The highest BCUT2D eigenvalue weighted by Gasteiger charge is 2.16. The number of fused-ring (bicyclic) bond motifs is 6. The Balaban J connectivity index is 1.13. The van der Waals surface area contributed by atoms with Gasteiger partial charge in [-0.25, -0.2) is 9.97 Å². The molecule has 1 aromatic heterocycles. The molecule has 0 amide bonds. The lowest BCUT2D eigenvalue weighted by Gasteiger charge is -2.19. The molecule has 0 atom stereocenters. The van der Waals surface area contributed by atoms with E-state index in [9.17, 15) is 0 Å². The van der Waals surface area contributed by atoms with E-state index in [0.29, 0.717) is 0 Å². The van der Waals surface area contributed by atoms with Gasteiger partial charge >= 0.3 is 0 Å². The Hall–Kier alpha value is -6.12. The molecule has 0 saturated heterocycles. The first kappa shape index (κ1) is 28.1. The molecule has 1 heterocycles. The molecule has 48 heavy (non-hydrogen) atoms. The summed E-state index contributed by atoms with van der Waals surface area (Å²) in [4.78, 5) is 9.78. The lowest BCUT2D eigenvalue weighted by atomic mass is 9.85. The first-order valence-corrected chi connectivity index (χ1v) is 16.6. The van der Waals surface area contributed by atoms with Crippen molar-refractivity contribution in [3.05, 3.63) is 181 Å². The van der Waals surface area contributed by atoms with E-state index in [-0.39, 0.29) is 0 Å². The zero-order chi connectivity index (χ0) is 31.9. The molecule has 2 heteroatoms. The largest absolute Gasteiger partial charge is 0.237 e. The average molecular weight is 613 g/mol. The fourth-order valence-electron chi connectivity index (χ4n) is 7.30. The van der Waals surface area contributed by atoms with Crippen LogP contribution in [0.4, 0.5) is 0 Å². The predicted octanol–water partition coefficient (Wildman–Crippen LogP) is 12.2. The number of aromatic nitrogens is 2. The Morgan fingerprint density at radius 2 is 1.02 bits per heavy atom. The van der Waals surface area contributed by atoms with E-state index in [1.165, 1.54) is 65.7 Å². The minimum absolute atomic E-state index is 0.727. The van der Waals surface area contributed by atoms with E-state index in [2.05, 4.69) is 152 Å². The van der Waals surface area contributed by atoms with Gasteiger partial charge in [0.1, 0.15) is 0 Å². The smallest absolute Gasteiger partial charge is 0.159 e. The molecule has 0 aliphatic heterocycles. The van der Waals surface area contributed by atoms with Crippen molar-refractivity contribution in [3.63, 3.8) is 0 Å². The summed E-state index contributed by atoms with van der Waals surface area (Å²) in [6, 6.07) is 54.4. The van der Waals surface area contributed by atoms with Crippen LogP contribution in [0.25, 0.3) is 77.2 Å². The van der Waals surface area contributed by atoms with E-state index < -0.39 is 0 Å². The van der Waals surface area contributed by atoms with Crippen molar-refractivity contribution in [2.45, 2.75) is 12.8 Å². The molecular formula is C46H32N2. The number of benzene rings is 7. The van der Waals surface area contributed by atoms with Crippen molar-refractivity contribution in [2.24, 2.45) is 0 Å². The van der Waals surface area contributed by atoms with Crippen LogP contribution >= 0.6 is 0 Å². The second kappa shape index (κ2) is 11.9. The Bertz CT molecular complexity index is 2520. The first-order chi connectivity index (χ1) is 23.8. The van der Waals surface area contributed by atoms with Crippen molar-refractivity contribution in [2.75, 3.05) is 0 Å². The van der Waals surface area contributed by atoms with Gasteiger partial charge < -0.3 is 0 Å². The molecule has 7 aromatic carbocycles. The number of hydrogen-bond donors (Lipinski definition) is 0. The van der Waals surface area contributed by atoms with Crippen LogP contribution in [-0.2, 0) is 0 Å². The molecule has 8 aromatic rings. The van der Waals surface area contributed by atoms with E-state index in [1.54, 1.807) is 0 Å². The Morgan fingerprint density at radius 1 is 0.417 bits per heavy atom.